The minimum Gasteiger partial charge on any atom is -0.379 e. The molecule has 0 heterocycles. The Morgan fingerprint density at radius 2 is 1.58 bits per heavy atom. The van der Waals surface area contributed by atoms with Gasteiger partial charge in [0.1, 0.15) is 16.5 Å². The minimum atomic E-state index is -4.07. The first-order valence-electron chi connectivity index (χ1n) is 10.6. The summed E-state index contributed by atoms with van der Waals surface area (Å²) in [5.41, 5.74) is 1.84. The third-order valence-electron chi connectivity index (χ3n) is 4.76. The highest BCUT2D eigenvalue weighted by atomic mass is 32.2. The molecule has 0 spiro atoms. The van der Waals surface area contributed by atoms with E-state index in [2.05, 4.69) is 5.32 Å². The average Bonchev–Trinajstić information content (AvgIpc) is 2.79. The Kier molecular flexibility index (Phi) is 8.06. The van der Waals surface area contributed by atoms with E-state index >= 15 is 0 Å². The summed E-state index contributed by atoms with van der Waals surface area (Å²) in [7, 11) is -4.07. The molecule has 0 aliphatic carbocycles. The lowest BCUT2D eigenvalue weighted by atomic mass is 10.1. The molecule has 6 nitrogen and oxygen atoms in total. The number of hydrogen-bond donors (Lipinski definition) is 1. The summed E-state index contributed by atoms with van der Waals surface area (Å²) < 4.78 is 42.9. The summed E-state index contributed by atoms with van der Waals surface area (Å²) in [6.07, 6.45) is 0. The Hall–Kier alpha value is -3.39. The van der Waals surface area contributed by atoms with Crippen molar-refractivity contribution in [3.8, 4) is 5.75 Å². The molecule has 1 N–H and O–H groups in total. The SMILES string of the molecule is CC(C)CN(Cc1ccc(OS(=O)(=O)c2ccc(F)cc2)cc1)C(=O)NCc1ccccc1. The molecule has 3 aromatic carbocycles. The molecule has 0 aromatic heterocycles. The molecule has 8 heteroatoms. The van der Waals surface area contributed by atoms with Crippen LogP contribution in [0.15, 0.2) is 83.8 Å². The van der Waals surface area contributed by atoms with Crippen LogP contribution >= 0.6 is 0 Å². The number of hydrogen-bond acceptors (Lipinski definition) is 4. The fraction of sp³-hybridized carbons (Fsp3) is 0.240. The molecular formula is C25H27FN2O4S. The standard InChI is InChI=1S/C25H27FN2O4S/c1-19(2)17-28(25(29)27-16-20-6-4-3-5-7-20)18-21-8-12-23(13-9-21)32-33(30,31)24-14-10-22(26)11-15-24/h3-15,19H,16-18H2,1-2H3,(H,27,29). The van der Waals surface area contributed by atoms with Gasteiger partial charge in [-0.05, 0) is 53.4 Å². The van der Waals surface area contributed by atoms with Gasteiger partial charge in [0.15, 0.2) is 0 Å². The van der Waals surface area contributed by atoms with Crippen LogP contribution in [0.3, 0.4) is 0 Å². The van der Waals surface area contributed by atoms with E-state index in [1.165, 1.54) is 12.1 Å². The number of nitrogens with zero attached hydrogens (tertiary/aromatic N) is 1. The molecule has 3 rings (SSSR count). The monoisotopic (exact) mass is 470 g/mol. The highest BCUT2D eigenvalue weighted by Gasteiger charge is 2.18. The van der Waals surface area contributed by atoms with Gasteiger partial charge in [-0.1, -0.05) is 56.3 Å². The Balaban J connectivity index is 1.64. The number of benzene rings is 3. The molecule has 0 unspecified atom stereocenters. The second-order valence-corrected chi connectivity index (χ2v) is 9.60. The molecule has 0 aliphatic rings. The lowest BCUT2D eigenvalue weighted by molar-refractivity contribution is 0.187. The van der Waals surface area contributed by atoms with Crippen molar-refractivity contribution in [3.63, 3.8) is 0 Å². The molecule has 2 amide bonds. The number of nitrogens with one attached hydrogen (secondary N) is 1. The first kappa shape index (κ1) is 24.3. The predicted octanol–water partition coefficient (Wildman–Crippen LogP) is 4.96. The van der Waals surface area contributed by atoms with E-state index in [1.54, 1.807) is 17.0 Å². The van der Waals surface area contributed by atoms with Crippen LogP contribution in [0.1, 0.15) is 25.0 Å². The molecule has 0 saturated heterocycles. The highest BCUT2D eigenvalue weighted by Crippen LogP contribution is 2.20. The first-order valence-corrected chi connectivity index (χ1v) is 12.0. The van der Waals surface area contributed by atoms with Crippen LogP contribution in [0.4, 0.5) is 9.18 Å². The summed E-state index contributed by atoms with van der Waals surface area (Å²) in [5, 5.41) is 2.95. The number of carbonyl (C=O) groups excluding carboxylic acids is 1. The summed E-state index contributed by atoms with van der Waals surface area (Å²) in [6.45, 7) is 5.44. The van der Waals surface area contributed by atoms with Gasteiger partial charge in [0, 0.05) is 19.6 Å². The van der Waals surface area contributed by atoms with E-state index in [0.717, 1.165) is 35.4 Å². The van der Waals surface area contributed by atoms with E-state index in [9.17, 15) is 17.6 Å². The highest BCUT2D eigenvalue weighted by molar-refractivity contribution is 7.87. The normalized spacial score (nSPS) is 11.3. The quantitative estimate of drug-likeness (QED) is 0.449. The third kappa shape index (κ3) is 7.32. The molecule has 174 valence electrons. The lowest BCUT2D eigenvalue weighted by Gasteiger charge is -2.25. The van der Waals surface area contributed by atoms with Crippen LogP contribution in [-0.2, 0) is 23.2 Å². The van der Waals surface area contributed by atoms with Gasteiger partial charge in [-0.2, -0.15) is 8.42 Å². The van der Waals surface area contributed by atoms with E-state index < -0.39 is 15.9 Å². The van der Waals surface area contributed by atoms with Crippen molar-refractivity contribution >= 4 is 16.1 Å². The topological polar surface area (TPSA) is 75.7 Å². The van der Waals surface area contributed by atoms with E-state index in [1.807, 2.05) is 44.2 Å². The van der Waals surface area contributed by atoms with Gasteiger partial charge in [-0.25, -0.2) is 9.18 Å². The van der Waals surface area contributed by atoms with Crippen molar-refractivity contribution in [1.82, 2.24) is 10.2 Å². The van der Waals surface area contributed by atoms with Crippen LogP contribution in [0.2, 0.25) is 0 Å². The van der Waals surface area contributed by atoms with Crippen LogP contribution in [0.25, 0.3) is 0 Å². The second kappa shape index (κ2) is 11.0. The fourth-order valence-corrected chi connectivity index (χ4v) is 4.12. The maximum absolute atomic E-state index is 13.1. The van der Waals surface area contributed by atoms with Crippen molar-refractivity contribution in [3.05, 3.63) is 95.8 Å². The number of halogens is 1. The molecule has 33 heavy (non-hydrogen) atoms. The summed E-state index contributed by atoms with van der Waals surface area (Å²) in [5.74, 6) is -0.125. The van der Waals surface area contributed by atoms with Gasteiger partial charge >= 0.3 is 16.1 Å². The molecule has 0 atom stereocenters. The van der Waals surface area contributed by atoms with Crippen molar-refractivity contribution in [2.24, 2.45) is 5.92 Å². The Morgan fingerprint density at radius 3 is 2.18 bits per heavy atom. The third-order valence-corrected chi connectivity index (χ3v) is 6.03. The molecule has 0 bridgehead atoms. The molecule has 0 fully saturated rings. The lowest BCUT2D eigenvalue weighted by Crippen LogP contribution is -2.41. The van der Waals surface area contributed by atoms with Crippen molar-refractivity contribution in [2.45, 2.75) is 31.8 Å². The smallest absolute Gasteiger partial charge is 0.339 e. The van der Waals surface area contributed by atoms with Gasteiger partial charge in [-0.3, -0.25) is 0 Å². The zero-order valence-corrected chi connectivity index (χ0v) is 19.4. The summed E-state index contributed by atoms with van der Waals surface area (Å²) in [4.78, 5) is 14.4. The van der Waals surface area contributed by atoms with Gasteiger partial charge in [0.05, 0.1) is 0 Å². The van der Waals surface area contributed by atoms with Crippen molar-refractivity contribution in [2.75, 3.05) is 6.54 Å². The summed E-state index contributed by atoms with van der Waals surface area (Å²) >= 11 is 0. The Labute approximate surface area is 194 Å². The van der Waals surface area contributed by atoms with Crippen molar-refractivity contribution < 1.29 is 21.8 Å². The fourth-order valence-electron chi connectivity index (χ4n) is 3.19. The number of amides is 2. The van der Waals surface area contributed by atoms with E-state index in [-0.39, 0.29) is 22.6 Å². The Morgan fingerprint density at radius 1 is 0.939 bits per heavy atom. The molecule has 0 radical (unpaired) electrons. The molecular weight excluding hydrogens is 443 g/mol. The van der Waals surface area contributed by atoms with Gasteiger partial charge in [-0.15, -0.1) is 0 Å². The van der Waals surface area contributed by atoms with Crippen LogP contribution in [0, 0.1) is 11.7 Å². The average molecular weight is 471 g/mol. The largest absolute Gasteiger partial charge is 0.379 e. The minimum absolute atomic E-state index is 0.131. The zero-order chi connectivity index (χ0) is 23.8. The van der Waals surface area contributed by atoms with Crippen LogP contribution in [0.5, 0.6) is 5.75 Å². The maximum atomic E-state index is 13.1. The van der Waals surface area contributed by atoms with Gasteiger partial charge in [0.25, 0.3) is 0 Å². The molecule has 0 aliphatic heterocycles. The zero-order valence-electron chi connectivity index (χ0n) is 18.6. The molecule has 0 saturated carbocycles. The predicted molar refractivity (Wildman–Crippen MR) is 125 cm³/mol. The van der Waals surface area contributed by atoms with Crippen LogP contribution in [-0.4, -0.2) is 25.9 Å². The van der Waals surface area contributed by atoms with Gasteiger partial charge in [0.2, 0.25) is 0 Å². The van der Waals surface area contributed by atoms with E-state index in [4.69, 9.17) is 4.18 Å². The number of rotatable bonds is 9. The number of urea groups is 1. The first-order chi connectivity index (χ1) is 15.7. The maximum Gasteiger partial charge on any atom is 0.339 e. The second-order valence-electron chi connectivity index (χ2n) is 8.05. The number of carbonyl (C=O) groups is 1. The summed E-state index contributed by atoms with van der Waals surface area (Å²) in [6, 6.07) is 20.4. The van der Waals surface area contributed by atoms with Crippen LogP contribution < -0.4 is 9.50 Å². The van der Waals surface area contributed by atoms with Gasteiger partial charge < -0.3 is 14.4 Å². The van der Waals surface area contributed by atoms with Crippen molar-refractivity contribution in [1.29, 1.82) is 0 Å². The van der Waals surface area contributed by atoms with E-state index in [0.29, 0.717) is 19.6 Å². The molecule has 3 aromatic rings. The Bertz CT molecular complexity index is 1150.